The molecule has 0 atom stereocenters. The molecular formula is C19H20FN7OS. The summed E-state index contributed by atoms with van der Waals surface area (Å²) in [6, 6.07) is 1.73. The zero-order valence-corrected chi connectivity index (χ0v) is 16.9. The van der Waals surface area contributed by atoms with E-state index in [-0.39, 0.29) is 11.2 Å². The lowest BCUT2D eigenvalue weighted by Crippen LogP contribution is -2.41. The zero-order chi connectivity index (χ0) is 20.1. The van der Waals surface area contributed by atoms with Gasteiger partial charge in [-0.1, -0.05) is 11.3 Å². The molecule has 0 aromatic carbocycles. The number of aromatic nitrogens is 5. The van der Waals surface area contributed by atoms with Crippen LogP contribution in [0.3, 0.4) is 0 Å². The second kappa shape index (κ2) is 6.89. The van der Waals surface area contributed by atoms with Gasteiger partial charge in [0, 0.05) is 31.0 Å². The molecule has 0 spiro atoms. The molecule has 10 heteroatoms. The van der Waals surface area contributed by atoms with Gasteiger partial charge >= 0.3 is 0 Å². The van der Waals surface area contributed by atoms with E-state index in [1.54, 1.807) is 23.7 Å². The summed E-state index contributed by atoms with van der Waals surface area (Å²) >= 11 is 1.38. The van der Waals surface area contributed by atoms with E-state index in [9.17, 15) is 9.18 Å². The summed E-state index contributed by atoms with van der Waals surface area (Å²) < 4.78 is 16.1. The number of pyridine rings is 1. The van der Waals surface area contributed by atoms with Crippen molar-refractivity contribution < 1.29 is 4.39 Å². The highest BCUT2D eigenvalue weighted by Crippen LogP contribution is 2.29. The summed E-state index contributed by atoms with van der Waals surface area (Å²) in [4.78, 5) is 31.3. The molecule has 2 N–H and O–H groups in total. The average Bonchev–Trinajstić information content (AvgIpc) is 3.31. The van der Waals surface area contributed by atoms with Crippen molar-refractivity contribution in [2.45, 2.75) is 25.8 Å². The van der Waals surface area contributed by atoms with E-state index >= 15 is 0 Å². The molecule has 5 rings (SSSR count). The van der Waals surface area contributed by atoms with E-state index in [2.05, 4.69) is 30.2 Å². The number of rotatable bonds is 3. The summed E-state index contributed by atoms with van der Waals surface area (Å²) in [6.45, 7) is 3.76. The predicted molar refractivity (Wildman–Crippen MR) is 111 cm³/mol. The van der Waals surface area contributed by atoms with Crippen molar-refractivity contribution in [2.24, 2.45) is 0 Å². The quantitative estimate of drug-likeness (QED) is 0.536. The third kappa shape index (κ3) is 3.18. The highest BCUT2D eigenvalue weighted by molar-refractivity contribution is 7.21. The van der Waals surface area contributed by atoms with Gasteiger partial charge in [-0.15, -0.1) is 0 Å². The fourth-order valence-electron chi connectivity index (χ4n) is 3.77. The van der Waals surface area contributed by atoms with Crippen molar-refractivity contribution in [1.82, 2.24) is 29.7 Å². The monoisotopic (exact) mass is 413 g/mol. The molecule has 1 aliphatic heterocycles. The van der Waals surface area contributed by atoms with Gasteiger partial charge in [-0.2, -0.15) is 0 Å². The number of halogens is 1. The standard InChI is InChI=1S/C19H20FN7OS/c1-10-8-27-9-11(7-13(20)16(27)22-10)15-24-17(28)14-18(25-15)29-19(23-14)26(2)12-3-5-21-6-4-12/h7-9,12,21H,3-6H2,1-2H3,(H,24,25,28). The second-order valence-electron chi connectivity index (χ2n) is 7.35. The lowest BCUT2D eigenvalue weighted by molar-refractivity contribution is 0.443. The molecule has 0 unspecified atom stereocenters. The first-order chi connectivity index (χ1) is 14.0. The number of fused-ring (bicyclic) bond motifs is 2. The van der Waals surface area contributed by atoms with Gasteiger partial charge in [0.15, 0.2) is 26.9 Å². The minimum Gasteiger partial charge on any atom is -0.348 e. The molecule has 29 heavy (non-hydrogen) atoms. The smallest absolute Gasteiger partial charge is 0.278 e. The van der Waals surface area contributed by atoms with Crippen molar-refractivity contribution in [1.29, 1.82) is 0 Å². The molecule has 8 nitrogen and oxygen atoms in total. The molecule has 0 bridgehead atoms. The van der Waals surface area contributed by atoms with E-state index in [1.807, 2.05) is 7.05 Å². The zero-order valence-electron chi connectivity index (χ0n) is 16.1. The molecule has 0 aliphatic carbocycles. The first-order valence-corrected chi connectivity index (χ1v) is 10.3. The Morgan fingerprint density at radius 3 is 2.83 bits per heavy atom. The molecule has 1 fully saturated rings. The molecule has 4 aromatic heterocycles. The Labute approximate surface area is 169 Å². The van der Waals surface area contributed by atoms with Gasteiger partial charge in [-0.05, 0) is 38.9 Å². The van der Waals surface area contributed by atoms with Crippen molar-refractivity contribution in [3.8, 4) is 11.4 Å². The van der Waals surface area contributed by atoms with Gasteiger partial charge in [0.25, 0.3) is 5.56 Å². The molecular weight excluding hydrogens is 393 g/mol. The van der Waals surface area contributed by atoms with Crippen LogP contribution in [0.1, 0.15) is 18.5 Å². The SMILES string of the molecule is Cc1cn2cc(-c3nc4sc(N(C)C5CCNCC5)nc4c(=O)[nH]3)cc(F)c2n1. The van der Waals surface area contributed by atoms with E-state index in [0.29, 0.717) is 33.5 Å². The number of hydrogen-bond donors (Lipinski definition) is 2. The number of hydrogen-bond acceptors (Lipinski definition) is 7. The minimum absolute atomic E-state index is 0.248. The summed E-state index contributed by atoms with van der Waals surface area (Å²) in [6.07, 6.45) is 5.51. The third-order valence-corrected chi connectivity index (χ3v) is 6.36. The van der Waals surface area contributed by atoms with Crippen LogP contribution in [-0.2, 0) is 0 Å². The number of nitrogens with zero attached hydrogens (tertiary/aromatic N) is 5. The van der Waals surface area contributed by atoms with Crippen LogP contribution in [0.5, 0.6) is 0 Å². The topological polar surface area (TPSA) is 91.2 Å². The Morgan fingerprint density at radius 2 is 2.03 bits per heavy atom. The molecule has 1 saturated heterocycles. The number of piperidine rings is 1. The maximum atomic E-state index is 14.5. The third-order valence-electron chi connectivity index (χ3n) is 5.32. The number of aromatic amines is 1. The molecule has 5 heterocycles. The van der Waals surface area contributed by atoms with Crippen LogP contribution in [0, 0.1) is 12.7 Å². The number of anilines is 1. The van der Waals surface area contributed by atoms with Crippen LogP contribution in [0.2, 0.25) is 0 Å². The lowest BCUT2D eigenvalue weighted by Gasteiger charge is -2.31. The summed E-state index contributed by atoms with van der Waals surface area (Å²) in [5.41, 5.74) is 1.43. The number of nitrogens with one attached hydrogen (secondary N) is 2. The van der Waals surface area contributed by atoms with Crippen LogP contribution in [0.15, 0.2) is 23.3 Å². The number of thiazole rings is 1. The Balaban J connectivity index is 1.57. The highest BCUT2D eigenvalue weighted by Gasteiger charge is 2.22. The van der Waals surface area contributed by atoms with Crippen molar-refractivity contribution in [3.05, 3.63) is 40.3 Å². The van der Waals surface area contributed by atoms with Crippen molar-refractivity contribution in [2.75, 3.05) is 25.0 Å². The van der Waals surface area contributed by atoms with E-state index in [0.717, 1.165) is 31.1 Å². The maximum absolute atomic E-state index is 14.5. The number of imidazole rings is 1. The summed E-state index contributed by atoms with van der Waals surface area (Å²) in [5.74, 6) is -0.150. The van der Waals surface area contributed by atoms with Gasteiger partial charge in [-0.3, -0.25) is 4.79 Å². The summed E-state index contributed by atoms with van der Waals surface area (Å²) in [7, 11) is 2.01. The van der Waals surface area contributed by atoms with Crippen LogP contribution >= 0.6 is 11.3 Å². The van der Waals surface area contributed by atoms with E-state index in [4.69, 9.17) is 0 Å². The van der Waals surface area contributed by atoms with Gasteiger partial charge in [0.1, 0.15) is 5.82 Å². The van der Waals surface area contributed by atoms with Crippen molar-refractivity contribution >= 4 is 32.5 Å². The Hall–Kier alpha value is -2.85. The fourth-order valence-corrected chi connectivity index (χ4v) is 4.74. The predicted octanol–water partition coefficient (Wildman–Crippen LogP) is 2.33. The minimum atomic E-state index is -0.464. The highest BCUT2D eigenvalue weighted by atomic mass is 32.1. The molecule has 150 valence electrons. The number of aryl methyl sites for hydroxylation is 1. The Kier molecular flexibility index (Phi) is 4.32. The van der Waals surface area contributed by atoms with Gasteiger partial charge in [-0.25, -0.2) is 19.3 Å². The summed E-state index contributed by atoms with van der Waals surface area (Å²) in [5, 5.41) is 4.13. The Bertz CT molecular complexity index is 1270. The molecule has 0 saturated carbocycles. The first-order valence-electron chi connectivity index (χ1n) is 9.49. The van der Waals surface area contributed by atoms with Crippen LogP contribution < -0.4 is 15.8 Å². The maximum Gasteiger partial charge on any atom is 0.278 e. The molecule has 0 amide bonds. The average molecular weight is 413 g/mol. The second-order valence-corrected chi connectivity index (χ2v) is 8.30. The molecule has 4 aromatic rings. The van der Waals surface area contributed by atoms with Crippen LogP contribution in [0.25, 0.3) is 27.4 Å². The van der Waals surface area contributed by atoms with E-state index in [1.165, 1.54) is 17.4 Å². The largest absolute Gasteiger partial charge is 0.348 e. The van der Waals surface area contributed by atoms with Crippen LogP contribution in [0.4, 0.5) is 9.52 Å². The van der Waals surface area contributed by atoms with Crippen LogP contribution in [-0.4, -0.2) is 50.5 Å². The molecule has 0 radical (unpaired) electrons. The Morgan fingerprint density at radius 1 is 1.24 bits per heavy atom. The molecule has 1 aliphatic rings. The van der Waals surface area contributed by atoms with Crippen molar-refractivity contribution in [3.63, 3.8) is 0 Å². The van der Waals surface area contributed by atoms with E-state index < -0.39 is 5.82 Å². The van der Waals surface area contributed by atoms with Gasteiger partial charge in [0.2, 0.25) is 0 Å². The van der Waals surface area contributed by atoms with Gasteiger partial charge in [0.05, 0.1) is 5.69 Å². The lowest BCUT2D eigenvalue weighted by atomic mass is 10.1. The first kappa shape index (κ1) is 18.2. The van der Waals surface area contributed by atoms with Gasteiger partial charge < -0.3 is 19.6 Å². The fraction of sp³-hybridized carbons (Fsp3) is 0.368. The normalized spacial score (nSPS) is 15.4. The number of H-pyrrole nitrogens is 1.